The number of hydrogen-bond acceptors (Lipinski definition) is 1. The van der Waals surface area contributed by atoms with Gasteiger partial charge in [-0.15, -0.1) is 0 Å². The molecule has 6 heteroatoms. The smallest absolute Gasteiger partial charge is 0.322 e. The number of nitrogens with zero attached hydrogens (tertiary/aromatic N) is 1. The number of piperidine rings is 1. The molecule has 20 heavy (non-hydrogen) atoms. The highest BCUT2D eigenvalue weighted by atomic mass is 19.4. The molecule has 0 unspecified atom stereocenters. The first-order valence-electron chi connectivity index (χ1n) is 6.63. The Morgan fingerprint density at radius 3 is 2.75 bits per heavy atom. The summed E-state index contributed by atoms with van der Waals surface area (Å²) in [5, 5.41) is 2.54. The van der Waals surface area contributed by atoms with Crippen LogP contribution in [0.3, 0.4) is 0 Å². The average Bonchev–Trinajstić information content (AvgIpc) is 2.38. The van der Waals surface area contributed by atoms with Crippen LogP contribution in [0.5, 0.6) is 0 Å². The van der Waals surface area contributed by atoms with E-state index in [0.29, 0.717) is 6.54 Å². The predicted molar refractivity (Wildman–Crippen MR) is 70.5 cm³/mol. The highest BCUT2D eigenvalue weighted by molar-refractivity contribution is 5.89. The van der Waals surface area contributed by atoms with Crippen molar-refractivity contribution in [2.75, 3.05) is 11.9 Å². The van der Waals surface area contributed by atoms with Crippen LogP contribution >= 0.6 is 0 Å². The Kier molecular flexibility index (Phi) is 4.20. The number of carbonyl (C=O) groups excluding carboxylic acids is 1. The molecule has 110 valence electrons. The third kappa shape index (κ3) is 3.43. The van der Waals surface area contributed by atoms with E-state index in [4.69, 9.17) is 0 Å². The zero-order chi connectivity index (χ0) is 14.8. The van der Waals surface area contributed by atoms with Crippen molar-refractivity contribution in [2.45, 2.75) is 38.4 Å². The zero-order valence-electron chi connectivity index (χ0n) is 11.2. The number of nitrogens with one attached hydrogen (secondary N) is 1. The number of urea groups is 1. The highest BCUT2D eigenvalue weighted by Crippen LogP contribution is 2.30. The van der Waals surface area contributed by atoms with Gasteiger partial charge in [0.15, 0.2) is 0 Å². The topological polar surface area (TPSA) is 32.3 Å². The van der Waals surface area contributed by atoms with Crippen molar-refractivity contribution in [3.63, 3.8) is 0 Å². The number of hydrogen-bond donors (Lipinski definition) is 1. The largest absolute Gasteiger partial charge is 0.416 e. The van der Waals surface area contributed by atoms with Crippen LogP contribution in [-0.2, 0) is 6.18 Å². The Morgan fingerprint density at radius 2 is 2.10 bits per heavy atom. The molecule has 1 aromatic carbocycles. The lowest BCUT2D eigenvalue weighted by molar-refractivity contribution is -0.137. The average molecular weight is 286 g/mol. The lowest BCUT2D eigenvalue weighted by Crippen LogP contribution is -2.44. The maximum absolute atomic E-state index is 12.6. The van der Waals surface area contributed by atoms with Gasteiger partial charge in [-0.2, -0.15) is 13.2 Å². The maximum atomic E-state index is 12.6. The fourth-order valence-corrected chi connectivity index (χ4v) is 2.37. The van der Waals surface area contributed by atoms with Crippen LogP contribution in [0.15, 0.2) is 24.3 Å². The van der Waals surface area contributed by atoms with Gasteiger partial charge in [-0.25, -0.2) is 4.79 Å². The minimum atomic E-state index is -4.40. The monoisotopic (exact) mass is 286 g/mol. The standard InChI is InChI=1S/C14H17F3N2O/c1-10-5-2-3-8-19(10)13(20)18-12-7-4-6-11(9-12)14(15,16)17/h4,6-7,9-10H,2-3,5,8H2,1H3,(H,18,20)/t10-/m0/s1. The molecule has 0 saturated carbocycles. The summed E-state index contributed by atoms with van der Waals surface area (Å²) >= 11 is 0. The van der Waals surface area contributed by atoms with Crippen LogP contribution in [0.4, 0.5) is 23.7 Å². The summed E-state index contributed by atoms with van der Waals surface area (Å²) < 4.78 is 37.8. The minimum Gasteiger partial charge on any atom is -0.322 e. The number of benzene rings is 1. The van der Waals surface area contributed by atoms with Crippen molar-refractivity contribution in [1.82, 2.24) is 4.90 Å². The summed E-state index contributed by atoms with van der Waals surface area (Å²) in [6.45, 7) is 2.59. The zero-order valence-corrected chi connectivity index (χ0v) is 11.2. The number of carbonyl (C=O) groups is 1. The number of amides is 2. The van der Waals surface area contributed by atoms with E-state index in [1.165, 1.54) is 12.1 Å². The van der Waals surface area contributed by atoms with Gasteiger partial charge in [0.2, 0.25) is 0 Å². The van der Waals surface area contributed by atoms with E-state index in [-0.39, 0.29) is 17.8 Å². The summed E-state index contributed by atoms with van der Waals surface area (Å²) in [6, 6.07) is 4.47. The summed E-state index contributed by atoms with van der Waals surface area (Å²) in [5.74, 6) is 0. The van der Waals surface area contributed by atoms with Crippen molar-refractivity contribution in [2.24, 2.45) is 0 Å². The molecular formula is C14H17F3N2O. The third-order valence-corrected chi connectivity index (χ3v) is 3.51. The van der Waals surface area contributed by atoms with E-state index in [1.54, 1.807) is 4.90 Å². The first-order chi connectivity index (χ1) is 9.38. The molecular weight excluding hydrogens is 269 g/mol. The number of anilines is 1. The number of alkyl halides is 3. The second-order valence-electron chi connectivity index (χ2n) is 5.05. The molecule has 0 bridgehead atoms. The molecule has 2 rings (SSSR count). The van der Waals surface area contributed by atoms with Crippen molar-refractivity contribution in [3.05, 3.63) is 29.8 Å². The molecule has 1 aromatic rings. The van der Waals surface area contributed by atoms with Gasteiger partial charge in [0.1, 0.15) is 0 Å². The first kappa shape index (κ1) is 14.7. The van der Waals surface area contributed by atoms with E-state index in [9.17, 15) is 18.0 Å². The molecule has 0 aliphatic carbocycles. The molecule has 0 radical (unpaired) electrons. The van der Waals surface area contributed by atoms with Gasteiger partial charge in [-0.05, 0) is 44.4 Å². The van der Waals surface area contributed by atoms with E-state index in [0.717, 1.165) is 31.4 Å². The van der Waals surface area contributed by atoms with Gasteiger partial charge in [-0.3, -0.25) is 0 Å². The van der Waals surface area contributed by atoms with E-state index in [1.807, 2.05) is 6.92 Å². The summed E-state index contributed by atoms with van der Waals surface area (Å²) in [4.78, 5) is 13.7. The van der Waals surface area contributed by atoms with Crippen molar-refractivity contribution in [3.8, 4) is 0 Å². The quantitative estimate of drug-likeness (QED) is 0.827. The molecule has 1 fully saturated rings. The summed E-state index contributed by atoms with van der Waals surface area (Å²) in [5.41, 5.74) is -0.593. The molecule has 0 aromatic heterocycles. The molecule has 0 spiro atoms. The fraction of sp³-hybridized carbons (Fsp3) is 0.500. The second-order valence-corrected chi connectivity index (χ2v) is 5.05. The van der Waals surface area contributed by atoms with Crippen LogP contribution in [-0.4, -0.2) is 23.5 Å². The van der Waals surface area contributed by atoms with E-state index >= 15 is 0 Å². The molecule has 1 aliphatic heterocycles. The van der Waals surface area contributed by atoms with Gasteiger partial charge in [-0.1, -0.05) is 6.07 Å². The van der Waals surface area contributed by atoms with Crippen LogP contribution in [0.1, 0.15) is 31.7 Å². The molecule has 1 N–H and O–H groups in total. The molecule has 1 saturated heterocycles. The highest BCUT2D eigenvalue weighted by Gasteiger charge is 2.30. The second kappa shape index (κ2) is 5.73. The predicted octanol–water partition coefficient (Wildman–Crippen LogP) is 4.11. The molecule has 3 nitrogen and oxygen atoms in total. The number of likely N-dealkylation sites (tertiary alicyclic amines) is 1. The Balaban J connectivity index is 2.08. The normalized spacial score (nSPS) is 19.8. The van der Waals surface area contributed by atoms with Gasteiger partial charge in [0.05, 0.1) is 5.56 Å². The SMILES string of the molecule is C[C@H]1CCCCN1C(=O)Nc1cccc(C(F)(F)F)c1. The lowest BCUT2D eigenvalue weighted by atomic mass is 10.0. The molecule has 1 heterocycles. The van der Waals surface area contributed by atoms with Crippen molar-refractivity contribution < 1.29 is 18.0 Å². The van der Waals surface area contributed by atoms with Crippen molar-refractivity contribution >= 4 is 11.7 Å². The van der Waals surface area contributed by atoms with Crippen molar-refractivity contribution in [1.29, 1.82) is 0 Å². The van der Waals surface area contributed by atoms with Crippen LogP contribution < -0.4 is 5.32 Å². The van der Waals surface area contributed by atoms with E-state index in [2.05, 4.69) is 5.32 Å². The first-order valence-corrected chi connectivity index (χ1v) is 6.63. The molecule has 1 aliphatic rings. The van der Waals surface area contributed by atoms with Gasteiger partial charge in [0, 0.05) is 18.3 Å². The van der Waals surface area contributed by atoms with Crippen LogP contribution in [0.25, 0.3) is 0 Å². The van der Waals surface area contributed by atoms with Crippen LogP contribution in [0.2, 0.25) is 0 Å². The Labute approximate surface area is 115 Å². The number of rotatable bonds is 1. The fourth-order valence-electron chi connectivity index (χ4n) is 2.37. The summed E-state index contributed by atoms with van der Waals surface area (Å²) in [6.07, 6.45) is -1.47. The Hall–Kier alpha value is -1.72. The maximum Gasteiger partial charge on any atom is 0.416 e. The van der Waals surface area contributed by atoms with E-state index < -0.39 is 11.7 Å². The van der Waals surface area contributed by atoms with Crippen LogP contribution in [0, 0.1) is 0 Å². The third-order valence-electron chi connectivity index (χ3n) is 3.51. The molecule has 1 atom stereocenters. The Bertz CT molecular complexity index is 488. The minimum absolute atomic E-state index is 0.120. The summed E-state index contributed by atoms with van der Waals surface area (Å²) in [7, 11) is 0. The number of halogens is 3. The Morgan fingerprint density at radius 1 is 1.35 bits per heavy atom. The van der Waals surface area contributed by atoms with Gasteiger partial charge < -0.3 is 10.2 Å². The van der Waals surface area contributed by atoms with Gasteiger partial charge >= 0.3 is 12.2 Å². The van der Waals surface area contributed by atoms with Gasteiger partial charge in [0.25, 0.3) is 0 Å². The lowest BCUT2D eigenvalue weighted by Gasteiger charge is -2.33. The molecule has 2 amide bonds.